The molecule has 0 aliphatic carbocycles. The predicted molar refractivity (Wildman–Crippen MR) is 115 cm³/mol. The lowest BCUT2D eigenvalue weighted by Crippen LogP contribution is -2.47. The van der Waals surface area contributed by atoms with Crippen molar-refractivity contribution < 1.29 is 24.3 Å². The van der Waals surface area contributed by atoms with Crippen LogP contribution in [0.5, 0.6) is 0 Å². The molecule has 0 radical (unpaired) electrons. The van der Waals surface area contributed by atoms with Gasteiger partial charge < -0.3 is 15.4 Å². The monoisotopic (exact) mass is 441 g/mol. The Morgan fingerprint density at radius 1 is 1.25 bits per heavy atom. The zero-order chi connectivity index (χ0) is 23.2. The minimum Gasteiger partial charge on any atom is -0.372 e. The van der Waals surface area contributed by atoms with E-state index in [1.165, 1.54) is 5.48 Å². The Labute approximate surface area is 186 Å². The highest BCUT2D eigenvalue weighted by Crippen LogP contribution is 2.06. The summed E-state index contributed by atoms with van der Waals surface area (Å²) >= 11 is 0. The van der Waals surface area contributed by atoms with E-state index in [9.17, 15) is 14.4 Å². The first kappa shape index (κ1) is 24.6. The van der Waals surface area contributed by atoms with Crippen molar-refractivity contribution in [3.05, 3.63) is 53.9 Å². The fraction of sp³-hybridized carbons (Fsp3) is 0.364. The third kappa shape index (κ3) is 8.59. The van der Waals surface area contributed by atoms with Gasteiger partial charge in [0.1, 0.15) is 12.6 Å². The van der Waals surface area contributed by atoms with Crippen LogP contribution in [0.4, 0.5) is 0 Å². The number of nitrogens with one attached hydrogen (secondary N) is 3. The normalized spacial score (nSPS) is 11.1. The smallest absolute Gasteiger partial charge is 0.251 e. The second-order valence-corrected chi connectivity index (χ2v) is 6.83. The lowest BCUT2D eigenvalue weighted by atomic mass is 10.1. The summed E-state index contributed by atoms with van der Waals surface area (Å²) in [5.41, 5.74) is 2.60. The van der Waals surface area contributed by atoms with Crippen molar-refractivity contribution in [1.82, 2.24) is 25.9 Å². The molecule has 1 aromatic carbocycles. The van der Waals surface area contributed by atoms with Gasteiger partial charge in [0.05, 0.1) is 0 Å². The molecular formula is C22H27N5O5. The molecule has 1 atom stereocenters. The lowest BCUT2D eigenvalue weighted by molar-refractivity contribution is -0.129. The van der Waals surface area contributed by atoms with Gasteiger partial charge in [-0.15, -0.1) is 0 Å². The van der Waals surface area contributed by atoms with Gasteiger partial charge in [-0.1, -0.05) is 11.8 Å². The van der Waals surface area contributed by atoms with E-state index in [1.807, 2.05) is 12.3 Å². The van der Waals surface area contributed by atoms with Crippen LogP contribution in [0.25, 0.3) is 0 Å². The minimum absolute atomic E-state index is 0.0314. The number of rotatable bonds is 11. The van der Waals surface area contributed by atoms with Crippen LogP contribution in [0.1, 0.15) is 35.2 Å². The highest BCUT2D eigenvalue weighted by atomic mass is 16.5. The van der Waals surface area contributed by atoms with E-state index in [-0.39, 0.29) is 12.8 Å². The second-order valence-electron chi connectivity index (χ2n) is 6.83. The number of aryl methyl sites for hydroxylation is 1. The number of amides is 3. The molecule has 0 spiro atoms. The first-order chi connectivity index (χ1) is 15.5. The fourth-order valence-electron chi connectivity index (χ4n) is 2.77. The fourth-order valence-corrected chi connectivity index (χ4v) is 2.77. The highest BCUT2D eigenvalue weighted by molar-refractivity contribution is 5.97. The van der Waals surface area contributed by atoms with Gasteiger partial charge >= 0.3 is 0 Å². The second kappa shape index (κ2) is 13.6. The zero-order valence-electron chi connectivity index (χ0n) is 17.8. The van der Waals surface area contributed by atoms with Gasteiger partial charge in [-0.25, -0.2) is 5.48 Å². The molecule has 10 heteroatoms. The van der Waals surface area contributed by atoms with E-state index in [0.717, 1.165) is 5.56 Å². The molecule has 32 heavy (non-hydrogen) atoms. The molecule has 0 aliphatic heterocycles. The third-order valence-corrected chi connectivity index (χ3v) is 4.43. The molecule has 2 aromatic rings. The van der Waals surface area contributed by atoms with Crippen molar-refractivity contribution >= 4 is 17.7 Å². The van der Waals surface area contributed by atoms with Gasteiger partial charge in [0, 0.05) is 50.1 Å². The largest absolute Gasteiger partial charge is 0.372 e. The van der Waals surface area contributed by atoms with Gasteiger partial charge in [0.2, 0.25) is 11.8 Å². The van der Waals surface area contributed by atoms with Crippen LogP contribution in [0.3, 0.4) is 0 Å². The maximum atomic E-state index is 12.6. The molecule has 1 heterocycles. The Bertz CT molecular complexity index is 932. The number of nitrogens with zero attached hydrogens (tertiary/aromatic N) is 2. The number of carbonyl (C=O) groups excluding carboxylic acids is 3. The lowest BCUT2D eigenvalue weighted by Gasteiger charge is -2.18. The molecule has 170 valence electrons. The number of methoxy groups -OCH3 is 1. The predicted octanol–water partition coefficient (Wildman–Crippen LogP) is 0.472. The van der Waals surface area contributed by atoms with Crippen molar-refractivity contribution in [2.24, 2.45) is 0 Å². The average molecular weight is 441 g/mol. The number of hydrogen-bond donors (Lipinski definition) is 4. The van der Waals surface area contributed by atoms with E-state index < -0.39 is 23.8 Å². The maximum absolute atomic E-state index is 12.6. The molecule has 0 fully saturated rings. The molecule has 3 amide bonds. The Hall–Kier alpha value is -3.68. The number of aromatic nitrogens is 2. The maximum Gasteiger partial charge on any atom is 0.251 e. The SMILES string of the molecule is COCC#Cc1ccc(C(=O)NC(CCC(=O)NO)C(=O)NCCCn2cccn2)cc1. The van der Waals surface area contributed by atoms with Crippen LogP contribution in [0, 0.1) is 11.8 Å². The Kier molecular flexibility index (Phi) is 10.4. The third-order valence-electron chi connectivity index (χ3n) is 4.43. The standard InChI is InChI=1S/C22H27N5O5/c1-32-16-2-5-17-6-8-18(9-7-17)21(29)25-19(10-11-20(28)26-31)22(30)23-12-3-14-27-15-4-13-24-27/h4,6-9,13,15,19,31H,3,10-12,14,16H2,1H3,(H,23,30)(H,25,29)(H,26,28). The van der Waals surface area contributed by atoms with Crippen LogP contribution >= 0.6 is 0 Å². The van der Waals surface area contributed by atoms with Crippen LogP contribution in [0.15, 0.2) is 42.7 Å². The number of ether oxygens (including phenoxy) is 1. The van der Waals surface area contributed by atoms with E-state index in [1.54, 1.807) is 42.3 Å². The summed E-state index contributed by atoms with van der Waals surface area (Å²) in [6.45, 7) is 1.32. The van der Waals surface area contributed by atoms with Crippen molar-refractivity contribution in [3.8, 4) is 11.8 Å². The zero-order valence-corrected chi connectivity index (χ0v) is 17.8. The van der Waals surface area contributed by atoms with E-state index in [4.69, 9.17) is 9.94 Å². The van der Waals surface area contributed by atoms with Gasteiger partial charge in [0.15, 0.2) is 0 Å². The summed E-state index contributed by atoms with van der Waals surface area (Å²) in [7, 11) is 1.55. The molecule has 4 N–H and O–H groups in total. The molecule has 0 bridgehead atoms. The number of hydroxylamine groups is 1. The number of carbonyl (C=O) groups is 3. The molecule has 0 aliphatic rings. The van der Waals surface area contributed by atoms with Gasteiger partial charge in [-0.05, 0) is 43.2 Å². The molecule has 0 saturated heterocycles. The average Bonchev–Trinajstić information content (AvgIpc) is 3.33. The molecule has 10 nitrogen and oxygen atoms in total. The Balaban J connectivity index is 1.94. The van der Waals surface area contributed by atoms with Gasteiger partial charge in [-0.2, -0.15) is 5.10 Å². The van der Waals surface area contributed by atoms with Gasteiger partial charge in [-0.3, -0.25) is 24.3 Å². The van der Waals surface area contributed by atoms with Crippen molar-refractivity contribution in [1.29, 1.82) is 0 Å². The van der Waals surface area contributed by atoms with E-state index >= 15 is 0 Å². The van der Waals surface area contributed by atoms with Crippen LogP contribution in [0.2, 0.25) is 0 Å². The summed E-state index contributed by atoms with van der Waals surface area (Å²) < 4.78 is 6.62. The number of benzene rings is 1. The summed E-state index contributed by atoms with van der Waals surface area (Å²) in [4.78, 5) is 36.6. The summed E-state index contributed by atoms with van der Waals surface area (Å²) in [6, 6.07) is 7.47. The summed E-state index contributed by atoms with van der Waals surface area (Å²) in [5, 5.41) is 18.2. The van der Waals surface area contributed by atoms with E-state index in [0.29, 0.717) is 31.7 Å². The van der Waals surface area contributed by atoms with Gasteiger partial charge in [0.25, 0.3) is 5.91 Å². The molecule has 2 rings (SSSR count). The Morgan fingerprint density at radius 3 is 2.69 bits per heavy atom. The summed E-state index contributed by atoms with van der Waals surface area (Å²) in [5.74, 6) is 4.22. The Morgan fingerprint density at radius 2 is 2.03 bits per heavy atom. The van der Waals surface area contributed by atoms with E-state index in [2.05, 4.69) is 27.6 Å². The van der Waals surface area contributed by atoms with Crippen LogP contribution in [-0.4, -0.2) is 59.0 Å². The molecule has 1 aromatic heterocycles. The molecular weight excluding hydrogens is 414 g/mol. The first-order valence-corrected chi connectivity index (χ1v) is 10.1. The van der Waals surface area contributed by atoms with Crippen molar-refractivity contribution in [2.75, 3.05) is 20.3 Å². The topological polar surface area (TPSA) is 135 Å². The summed E-state index contributed by atoms with van der Waals surface area (Å²) in [6.07, 6.45) is 4.05. The molecule has 1 unspecified atom stereocenters. The highest BCUT2D eigenvalue weighted by Gasteiger charge is 2.22. The molecule has 0 saturated carbocycles. The van der Waals surface area contributed by atoms with Crippen molar-refractivity contribution in [3.63, 3.8) is 0 Å². The van der Waals surface area contributed by atoms with Crippen LogP contribution in [-0.2, 0) is 20.9 Å². The number of hydrogen-bond acceptors (Lipinski definition) is 6. The van der Waals surface area contributed by atoms with Crippen LogP contribution < -0.4 is 16.1 Å². The quantitative estimate of drug-likeness (QED) is 0.173. The first-order valence-electron chi connectivity index (χ1n) is 10.1. The minimum atomic E-state index is -0.939. The van der Waals surface area contributed by atoms with Crippen molar-refractivity contribution in [2.45, 2.75) is 31.8 Å².